The Morgan fingerprint density at radius 3 is 2.94 bits per heavy atom. The topological polar surface area (TPSA) is 58.4 Å². The van der Waals surface area contributed by atoms with E-state index in [1.54, 1.807) is 17.0 Å². The van der Waals surface area contributed by atoms with Crippen molar-refractivity contribution >= 4 is 5.82 Å². The van der Waals surface area contributed by atoms with Gasteiger partial charge in [0.15, 0.2) is 5.82 Å². The summed E-state index contributed by atoms with van der Waals surface area (Å²) < 4.78 is 1.78. The molecule has 1 N–H and O–H groups in total. The van der Waals surface area contributed by atoms with Crippen molar-refractivity contribution < 1.29 is 5.11 Å². The highest BCUT2D eigenvalue weighted by Gasteiger charge is 2.26. The molecule has 1 saturated carbocycles. The fraction of sp³-hybridized carbons (Fsp3) is 0.667. The van der Waals surface area contributed by atoms with Gasteiger partial charge >= 0.3 is 0 Å². The van der Waals surface area contributed by atoms with Crippen LogP contribution >= 0.6 is 0 Å². The molecule has 0 saturated heterocycles. The van der Waals surface area contributed by atoms with Gasteiger partial charge in [-0.15, -0.1) is 0 Å². The summed E-state index contributed by atoms with van der Waals surface area (Å²) in [5.74, 6) is 0.510. The van der Waals surface area contributed by atoms with Crippen molar-refractivity contribution in [1.29, 1.82) is 0 Å². The van der Waals surface area contributed by atoms with Crippen molar-refractivity contribution in [3.05, 3.63) is 22.7 Å². The van der Waals surface area contributed by atoms with E-state index >= 15 is 0 Å². The molecule has 5 nitrogen and oxygen atoms in total. The molecule has 2 rings (SSSR count). The maximum atomic E-state index is 12.2. The van der Waals surface area contributed by atoms with Gasteiger partial charge in [0, 0.05) is 38.1 Å². The molecule has 1 aromatic heterocycles. The van der Waals surface area contributed by atoms with E-state index in [1.165, 1.54) is 0 Å². The average molecular weight is 237 g/mol. The first kappa shape index (κ1) is 12.1. The van der Waals surface area contributed by atoms with Gasteiger partial charge in [-0.3, -0.25) is 4.79 Å². The third-order valence-corrected chi connectivity index (χ3v) is 3.06. The first-order chi connectivity index (χ1) is 8.27. The number of aliphatic hydroxyl groups excluding tert-OH is 1. The Bertz CT molecular complexity index is 426. The van der Waals surface area contributed by atoms with E-state index in [2.05, 4.69) is 4.98 Å². The van der Waals surface area contributed by atoms with E-state index in [1.807, 2.05) is 11.8 Å². The molecular weight excluding hydrogens is 218 g/mol. The van der Waals surface area contributed by atoms with Crippen LogP contribution in [0, 0.1) is 0 Å². The zero-order valence-electron chi connectivity index (χ0n) is 10.2. The number of aromatic nitrogens is 2. The minimum atomic E-state index is -0.00482. The Morgan fingerprint density at radius 2 is 2.35 bits per heavy atom. The lowest BCUT2D eigenvalue weighted by molar-refractivity contribution is 0.289. The van der Waals surface area contributed by atoms with Crippen LogP contribution < -0.4 is 10.5 Å². The standard InChI is InChI=1S/C12H19N3O2/c1-2-14(7-3-9-16)11-12(17)15(8-6-13-11)10-4-5-10/h6,8,10,16H,2-5,7,9H2,1H3. The van der Waals surface area contributed by atoms with Crippen LogP contribution in [0.25, 0.3) is 0 Å². The maximum absolute atomic E-state index is 12.2. The zero-order chi connectivity index (χ0) is 12.3. The van der Waals surface area contributed by atoms with E-state index in [4.69, 9.17) is 5.11 Å². The quantitative estimate of drug-likeness (QED) is 0.794. The molecule has 94 valence electrons. The van der Waals surface area contributed by atoms with Crippen molar-refractivity contribution in [2.45, 2.75) is 32.2 Å². The molecule has 1 aliphatic carbocycles. The van der Waals surface area contributed by atoms with Crippen LogP contribution in [0.5, 0.6) is 0 Å². The summed E-state index contributed by atoms with van der Waals surface area (Å²) in [6.07, 6.45) is 6.30. The van der Waals surface area contributed by atoms with E-state index in [-0.39, 0.29) is 12.2 Å². The highest BCUT2D eigenvalue weighted by molar-refractivity contribution is 5.35. The normalized spacial score (nSPS) is 14.9. The molecule has 0 aromatic carbocycles. The van der Waals surface area contributed by atoms with E-state index in [9.17, 15) is 4.79 Å². The SMILES string of the molecule is CCN(CCCO)c1nccn(C2CC2)c1=O. The van der Waals surface area contributed by atoms with Crippen LogP contribution in [0.2, 0.25) is 0 Å². The molecule has 0 spiro atoms. The summed E-state index contributed by atoms with van der Waals surface area (Å²) in [6, 6.07) is 0.376. The van der Waals surface area contributed by atoms with Crippen LogP contribution in [-0.2, 0) is 0 Å². The first-order valence-corrected chi connectivity index (χ1v) is 6.21. The van der Waals surface area contributed by atoms with Crippen LogP contribution in [0.3, 0.4) is 0 Å². The van der Waals surface area contributed by atoms with Gasteiger partial charge in [0.1, 0.15) is 0 Å². The van der Waals surface area contributed by atoms with Gasteiger partial charge in [0.05, 0.1) is 0 Å². The lowest BCUT2D eigenvalue weighted by Crippen LogP contribution is -2.34. The van der Waals surface area contributed by atoms with Gasteiger partial charge < -0.3 is 14.6 Å². The zero-order valence-corrected chi connectivity index (χ0v) is 10.2. The predicted molar refractivity (Wildman–Crippen MR) is 66.4 cm³/mol. The van der Waals surface area contributed by atoms with Gasteiger partial charge in [-0.25, -0.2) is 4.98 Å². The molecule has 17 heavy (non-hydrogen) atoms. The highest BCUT2D eigenvalue weighted by Crippen LogP contribution is 2.33. The fourth-order valence-corrected chi connectivity index (χ4v) is 1.95. The summed E-state index contributed by atoms with van der Waals surface area (Å²) in [7, 11) is 0. The molecule has 0 amide bonds. The smallest absolute Gasteiger partial charge is 0.293 e. The molecule has 0 atom stereocenters. The molecule has 0 radical (unpaired) electrons. The summed E-state index contributed by atoms with van der Waals surface area (Å²) in [5.41, 5.74) is -0.00482. The van der Waals surface area contributed by atoms with Gasteiger partial charge in [-0.1, -0.05) is 0 Å². The van der Waals surface area contributed by atoms with Gasteiger partial charge in [0.25, 0.3) is 5.56 Å². The molecule has 0 aliphatic heterocycles. The number of hydrogen-bond donors (Lipinski definition) is 1. The largest absolute Gasteiger partial charge is 0.396 e. The second kappa shape index (κ2) is 5.31. The van der Waals surface area contributed by atoms with Crippen molar-refractivity contribution in [3.8, 4) is 0 Å². The number of anilines is 1. The Hall–Kier alpha value is -1.36. The molecule has 5 heteroatoms. The van der Waals surface area contributed by atoms with Crippen molar-refractivity contribution in [2.75, 3.05) is 24.6 Å². The van der Waals surface area contributed by atoms with Crippen LogP contribution in [-0.4, -0.2) is 34.4 Å². The maximum Gasteiger partial charge on any atom is 0.293 e. The molecule has 1 aromatic rings. The van der Waals surface area contributed by atoms with Crippen molar-refractivity contribution in [1.82, 2.24) is 9.55 Å². The number of nitrogens with zero attached hydrogens (tertiary/aromatic N) is 3. The molecule has 0 unspecified atom stereocenters. The third-order valence-electron chi connectivity index (χ3n) is 3.06. The minimum absolute atomic E-state index is 0.00482. The summed E-state index contributed by atoms with van der Waals surface area (Å²) in [6.45, 7) is 3.54. The Morgan fingerprint density at radius 1 is 1.59 bits per heavy atom. The second-order valence-electron chi connectivity index (χ2n) is 4.35. The minimum Gasteiger partial charge on any atom is -0.396 e. The molecule has 0 bridgehead atoms. The lowest BCUT2D eigenvalue weighted by Gasteiger charge is -2.21. The van der Waals surface area contributed by atoms with Gasteiger partial charge in [-0.2, -0.15) is 0 Å². The Labute approximate surface area is 101 Å². The number of hydrogen-bond acceptors (Lipinski definition) is 4. The van der Waals surface area contributed by atoms with Crippen molar-refractivity contribution in [2.24, 2.45) is 0 Å². The third kappa shape index (κ3) is 2.66. The summed E-state index contributed by atoms with van der Waals surface area (Å²) >= 11 is 0. The highest BCUT2D eigenvalue weighted by atomic mass is 16.3. The summed E-state index contributed by atoms with van der Waals surface area (Å²) in [4.78, 5) is 18.3. The van der Waals surface area contributed by atoms with Crippen LogP contribution in [0.4, 0.5) is 5.82 Å². The number of rotatable bonds is 6. The Balaban J connectivity index is 2.23. The Kier molecular flexibility index (Phi) is 3.78. The van der Waals surface area contributed by atoms with Crippen LogP contribution in [0.15, 0.2) is 17.2 Å². The number of aliphatic hydroxyl groups is 1. The molecule has 1 fully saturated rings. The predicted octanol–water partition coefficient (Wildman–Crippen LogP) is 0.787. The molecule has 1 heterocycles. The molecule has 1 aliphatic rings. The van der Waals surface area contributed by atoms with E-state index < -0.39 is 0 Å². The van der Waals surface area contributed by atoms with Gasteiger partial charge in [0.2, 0.25) is 0 Å². The van der Waals surface area contributed by atoms with Gasteiger partial charge in [-0.05, 0) is 26.2 Å². The van der Waals surface area contributed by atoms with Crippen LogP contribution in [0.1, 0.15) is 32.2 Å². The lowest BCUT2D eigenvalue weighted by atomic mass is 10.4. The van der Waals surface area contributed by atoms with Crippen molar-refractivity contribution in [3.63, 3.8) is 0 Å². The first-order valence-electron chi connectivity index (χ1n) is 6.21. The van der Waals surface area contributed by atoms with E-state index in [0.717, 1.165) is 19.4 Å². The van der Waals surface area contributed by atoms with E-state index in [0.29, 0.717) is 24.8 Å². The average Bonchev–Trinajstić information content (AvgIpc) is 3.16. The second-order valence-corrected chi connectivity index (χ2v) is 4.35. The fourth-order valence-electron chi connectivity index (χ4n) is 1.95. The summed E-state index contributed by atoms with van der Waals surface area (Å²) in [5, 5.41) is 8.85. The monoisotopic (exact) mass is 237 g/mol. The molecular formula is C12H19N3O2.